The summed E-state index contributed by atoms with van der Waals surface area (Å²) in [5, 5.41) is 0.804. The Bertz CT molecular complexity index is 589. The summed E-state index contributed by atoms with van der Waals surface area (Å²) in [6.45, 7) is 11.1. The number of carbonyl (C=O) groups is 1. The van der Waals surface area contributed by atoms with Crippen LogP contribution < -0.4 is 0 Å². The summed E-state index contributed by atoms with van der Waals surface area (Å²) in [6, 6.07) is 6.09. The summed E-state index contributed by atoms with van der Waals surface area (Å²) >= 11 is 9.75. The molecule has 0 aromatic heterocycles. The lowest BCUT2D eigenvalue weighted by atomic mass is 10.1. The zero-order chi connectivity index (χ0) is 17.9. The van der Waals surface area contributed by atoms with E-state index in [0.29, 0.717) is 6.54 Å². The first kappa shape index (κ1) is 19.5. The molecule has 1 fully saturated rings. The normalized spacial score (nSPS) is 19.4. The fourth-order valence-corrected chi connectivity index (χ4v) is 3.46. The Morgan fingerprint density at radius 1 is 1.38 bits per heavy atom. The van der Waals surface area contributed by atoms with Gasteiger partial charge in [-0.25, -0.2) is 4.79 Å². The van der Waals surface area contributed by atoms with Gasteiger partial charge in [-0.3, -0.25) is 4.90 Å². The molecule has 1 atom stereocenters. The number of ether oxygens (including phenoxy) is 1. The second-order valence-electron chi connectivity index (χ2n) is 7.31. The number of hydrogen-bond acceptors (Lipinski definition) is 3. The van der Waals surface area contributed by atoms with Gasteiger partial charge in [-0.05, 0) is 57.9 Å². The van der Waals surface area contributed by atoms with Crippen molar-refractivity contribution in [3.8, 4) is 0 Å². The van der Waals surface area contributed by atoms with Crippen molar-refractivity contribution in [2.24, 2.45) is 0 Å². The number of piperazine rings is 1. The molecule has 0 spiro atoms. The van der Waals surface area contributed by atoms with Crippen LogP contribution in [0.2, 0.25) is 5.02 Å². The third-order valence-corrected chi connectivity index (χ3v) is 4.91. The van der Waals surface area contributed by atoms with Gasteiger partial charge in [-0.2, -0.15) is 0 Å². The fraction of sp³-hybridized carbons (Fsp3) is 0.611. The van der Waals surface area contributed by atoms with Crippen LogP contribution >= 0.6 is 27.5 Å². The van der Waals surface area contributed by atoms with Gasteiger partial charge in [0, 0.05) is 41.7 Å². The molecule has 6 heteroatoms. The van der Waals surface area contributed by atoms with Crippen LogP contribution in [-0.4, -0.2) is 53.7 Å². The van der Waals surface area contributed by atoms with Crippen molar-refractivity contribution in [3.05, 3.63) is 33.3 Å². The molecule has 0 saturated carbocycles. The van der Waals surface area contributed by atoms with Crippen molar-refractivity contribution in [1.82, 2.24) is 9.80 Å². The molecule has 1 amide bonds. The number of hydrogen-bond donors (Lipinski definition) is 0. The Morgan fingerprint density at radius 2 is 2.08 bits per heavy atom. The molecule has 1 aliphatic heterocycles. The molecule has 0 aliphatic carbocycles. The quantitative estimate of drug-likeness (QED) is 0.721. The largest absolute Gasteiger partial charge is 0.444 e. The lowest BCUT2D eigenvalue weighted by molar-refractivity contribution is 0.00163. The second-order valence-corrected chi connectivity index (χ2v) is 8.63. The molecule has 1 heterocycles. The molecule has 4 nitrogen and oxygen atoms in total. The van der Waals surface area contributed by atoms with Gasteiger partial charge in [0.05, 0.1) is 0 Å². The first-order valence-corrected chi connectivity index (χ1v) is 9.49. The Morgan fingerprint density at radius 3 is 2.71 bits per heavy atom. The van der Waals surface area contributed by atoms with Crippen LogP contribution in [0.15, 0.2) is 22.7 Å². The lowest BCUT2D eigenvalue weighted by Gasteiger charge is -2.40. The predicted molar refractivity (Wildman–Crippen MR) is 102 cm³/mol. The van der Waals surface area contributed by atoms with Gasteiger partial charge < -0.3 is 9.64 Å². The average molecular weight is 418 g/mol. The second kappa shape index (κ2) is 8.07. The van der Waals surface area contributed by atoms with E-state index in [9.17, 15) is 4.79 Å². The highest BCUT2D eigenvalue weighted by atomic mass is 79.9. The smallest absolute Gasteiger partial charge is 0.410 e. The molecular formula is C18H26BrClN2O2. The lowest BCUT2D eigenvalue weighted by Crippen LogP contribution is -2.55. The zero-order valence-electron chi connectivity index (χ0n) is 14.8. The number of carbonyl (C=O) groups excluding carboxylic acids is 1. The molecule has 1 aliphatic rings. The van der Waals surface area contributed by atoms with E-state index < -0.39 is 5.60 Å². The SMILES string of the molecule is C[C@@H]1CN(CCc2cc(Br)ccc2Cl)CCN1C(=O)OC(C)(C)C. The molecular weight excluding hydrogens is 392 g/mol. The third-order valence-electron chi connectivity index (χ3n) is 4.04. The van der Waals surface area contributed by atoms with Crippen LogP contribution in [0.25, 0.3) is 0 Å². The van der Waals surface area contributed by atoms with Crippen molar-refractivity contribution in [1.29, 1.82) is 0 Å². The maximum Gasteiger partial charge on any atom is 0.410 e. The first-order chi connectivity index (χ1) is 11.2. The van der Waals surface area contributed by atoms with E-state index in [2.05, 4.69) is 33.8 Å². The van der Waals surface area contributed by atoms with Crippen molar-refractivity contribution < 1.29 is 9.53 Å². The van der Waals surface area contributed by atoms with Crippen molar-refractivity contribution in [3.63, 3.8) is 0 Å². The van der Waals surface area contributed by atoms with Crippen LogP contribution in [0.3, 0.4) is 0 Å². The molecule has 1 aromatic carbocycles. The van der Waals surface area contributed by atoms with Gasteiger partial charge in [0.2, 0.25) is 0 Å². The van der Waals surface area contributed by atoms with Crippen molar-refractivity contribution in [2.45, 2.75) is 45.8 Å². The van der Waals surface area contributed by atoms with Crippen LogP contribution in [0.4, 0.5) is 4.79 Å². The van der Waals surface area contributed by atoms with Crippen molar-refractivity contribution >= 4 is 33.6 Å². The van der Waals surface area contributed by atoms with Crippen LogP contribution in [0.5, 0.6) is 0 Å². The molecule has 1 aromatic rings. The Kier molecular flexibility index (Phi) is 6.57. The maximum atomic E-state index is 12.3. The molecule has 134 valence electrons. The highest BCUT2D eigenvalue weighted by molar-refractivity contribution is 9.10. The molecule has 0 N–H and O–H groups in total. The number of rotatable bonds is 3. The summed E-state index contributed by atoms with van der Waals surface area (Å²) in [7, 11) is 0. The Balaban J connectivity index is 1.87. The molecule has 0 bridgehead atoms. The summed E-state index contributed by atoms with van der Waals surface area (Å²) < 4.78 is 6.53. The molecule has 0 radical (unpaired) electrons. The summed E-state index contributed by atoms with van der Waals surface area (Å²) in [4.78, 5) is 16.5. The fourth-order valence-electron chi connectivity index (χ4n) is 2.84. The van der Waals surface area contributed by atoms with Gasteiger partial charge >= 0.3 is 6.09 Å². The summed E-state index contributed by atoms with van der Waals surface area (Å²) in [5.41, 5.74) is 0.694. The Hall–Kier alpha value is -0.780. The summed E-state index contributed by atoms with van der Waals surface area (Å²) in [6.07, 6.45) is 0.682. The van der Waals surface area contributed by atoms with E-state index in [0.717, 1.165) is 41.1 Å². The van der Waals surface area contributed by atoms with E-state index >= 15 is 0 Å². The minimum absolute atomic E-state index is 0.145. The standard InChI is InChI=1S/C18H26BrClN2O2/c1-13-12-21(8-7-14-11-15(19)5-6-16(14)20)9-10-22(13)17(23)24-18(2,3)4/h5-6,11,13H,7-10,12H2,1-4H3/t13-/m1/s1. The van der Waals surface area contributed by atoms with Gasteiger partial charge in [0.15, 0.2) is 0 Å². The van der Waals surface area contributed by atoms with Crippen molar-refractivity contribution in [2.75, 3.05) is 26.2 Å². The number of amides is 1. The molecule has 2 rings (SSSR count). The average Bonchev–Trinajstić information content (AvgIpc) is 2.46. The monoisotopic (exact) mass is 416 g/mol. The number of halogens is 2. The minimum Gasteiger partial charge on any atom is -0.444 e. The van der Waals surface area contributed by atoms with Gasteiger partial charge in [-0.15, -0.1) is 0 Å². The third kappa shape index (κ3) is 5.64. The topological polar surface area (TPSA) is 32.8 Å². The van der Waals surface area contributed by atoms with Crippen LogP contribution in [0.1, 0.15) is 33.3 Å². The predicted octanol–water partition coefficient (Wildman–Crippen LogP) is 4.59. The Labute approximate surface area is 158 Å². The first-order valence-electron chi connectivity index (χ1n) is 8.31. The van der Waals surface area contributed by atoms with Gasteiger partial charge in [0.25, 0.3) is 0 Å². The van der Waals surface area contributed by atoms with Crippen LogP contribution in [-0.2, 0) is 11.2 Å². The molecule has 0 unspecified atom stereocenters. The summed E-state index contributed by atoms with van der Waals surface area (Å²) in [5.74, 6) is 0. The van der Waals surface area contributed by atoms with E-state index in [-0.39, 0.29) is 12.1 Å². The minimum atomic E-state index is -0.453. The molecule has 24 heavy (non-hydrogen) atoms. The van der Waals surface area contributed by atoms with Crippen LogP contribution in [0, 0.1) is 0 Å². The van der Waals surface area contributed by atoms with Gasteiger partial charge in [-0.1, -0.05) is 27.5 Å². The van der Waals surface area contributed by atoms with Gasteiger partial charge in [0.1, 0.15) is 5.60 Å². The molecule has 1 saturated heterocycles. The zero-order valence-corrected chi connectivity index (χ0v) is 17.2. The highest BCUT2D eigenvalue weighted by Gasteiger charge is 2.30. The number of benzene rings is 1. The van der Waals surface area contributed by atoms with E-state index in [1.54, 1.807) is 0 Å². The van der Waals surface area contributed by atoms with E-state index in [1.165, 1.54) is 0 Å². The van der Waals surface area contributed by atoms with E-state index in [1.807, 2.05) is 37.8 Å². The van der Waals surface area contributed by atoms with E-state index in [4.69, 9.17) is 16.3 Å². The maximum absolute atomic E-state index is 12.3. The highest BCUT2D eigenvalue weighted by Crippen LogP contribution is 2.22. The number of nitrogens with zero attached hydrogens (tertiary/aromatic N) is 2.